The summed E-state index contributed by atoms with van der Waals surface area (Å²) in [6, 6.07) is 6.49. The third-order valence-corrected chi connectivity index (χ3v) is 3.24. The molecule has 0 spiro atoms. The second-order valence-corrected chi connectivity index (χ2v) is 4.74. The highest BCUT2D eigenvalue weighted by atomic mass is 35.5. The minimum Gasteiger partial charge on any atom is -0.330 e. The number of rotatable bonds is 3. The summed E-state index contributed by atoms with van der Waals surface area (Å²) in [6.45, 7) is 0.643. The SMILES string of the molecule is NCCc1nc2ccc(Cl)cc2n1C1CC1. The lowest BCUT2D eigenvalue weighted by atomic mass is 10.3. The van der Waals surface area contributed by atoms with Crippen molar-refractivity contribution < 1.29 is 0 Å². The molecule has 0 bridgehead atoms. The van der Waals surface area contributed by atoms with Gasteiger partial charge in [-0.05, 0) is 37.6 Å². The van der Waals surface area contributed by atoms with Crippen molar-refractivity contribution in [3.8, 4) is 0 Å². The molecule has 1 aromatic carbocycles. The Bertz CT molecular complexity index is 528. The fraction of sp³-hybridized carbons (Fsp3) is 0.417. The molecule has 1 aliphatic carbocycles. The Labute approximate surface area is 99.2 Å². The maximum atomic E-state index is 6.04. The Morgan fingerprint density at radius 1 is 1.44 bits per heavy atom. The molecule has 0 aliphatic heterocycles. The first-order chi connectivity index (χ1) is 7.79. The van der Waals surface area contributed by atoms with E-state index in [9.17, 15) is 0 Å². The number of hydrogen-bond acceptors (Lipinski definition) is 2. The van der Waals surface area contributed by atoms with Gasteiger partial charge in [0.05, 0.1) is 11.0 Å². The van der Waals surface area contributed by atoms with Gasteiger partial charge >= 0.3 is 0 Å². The molecule has 0 amide bonds. The predicted octanol–water partition coefficient (Wildman–Crippen LogP) is 2.53. The predicted molar refractivity (Wildman–Crippen MR) is 65.8 cm³/mol. The Balaban J connectivity index is 2.21. The van der Waals surface area contributed by atoms with E-state index in [1.807, 2.05) is 18.2 Å². The van der Waals surface area contributed by atoms with Gasteiger partial charge in [-0.2, -0.15) is 0 Å². The quantitative estimate of drug-likeness (QED) is 0.889. The molecular weight excluding hydrogens is 222 g/mol. The van der Waals surface area contributed by atoms with E-state index in [2.05, 4.69) is 9.55 Å². The molecule has 3 nitrogen and oxygen atoms in total. The lowest BCUT2D eigenvalue weighted by Crippen LogP contribution is -2.09. The van der Waals surface area contributed by atoms with Gasteiger partial charge in [0.2, 0.25) is 0 Å². The molecule has 4 heteroatoms. The van der Waals surface area contributed by atoms with Gasteiger partial charge < -0.3 is 10.3 Å². The second kappa shape index (κ2) is 3.75. The zero-order valence-corrected chi connectivity index (χ0v) is 9.74. The van der Waals surface area contributed by atoms with E-state index < -0.39 is 0 Å². The molecule has 0 atom stereocenters. The zero-order valence-electron chi connectivity index (χ0n) is 8.99. The highest BCUT2D eigenvalue weighted by Gasteiger charge is 2.27. The number of nitrogens with zero attached hydrogens (tertiary/aromatic N) is 2. The molecule has 0 radical (unpaired) electrons. The molecule has 1 aliphatic rings. The molecule has 84 valence electrons. The third kappa shape index (κ3) is 1.60. The molecule has 3 rings (SSSR count). The van der Waals surface area contributed by atoms with Crippen LogP contribution in [0.1, 0.15) is 24.7 Å². The summed E-state index contributed by atoms with van der Waals surface area (Å²) in [5, 5.41) is 0.772. The molecule has 2 N–H and O–H groups in total. The molecule has 2 aromatic rings. The monoisotopic (exact) mass is 235 g/mol. The van der Waals surface area contributed by atoms with E-state index in [1.54, 1.807) is 0 Å². The van der Waals surface area contributed by atoms with Gasteiger partial charge in [-0.25, -0.2) is 4.98 Å². The molecule has 1 heterocycles. The summed E-state index contributed by atoms with van der Waals surface area (Å²) >= 11 is 6.04. The van der Waals surface area contributed by atoms with Crippen LogP contribution in [-0.2, 0) is 6.42 Å². The van der Waals surface area contributed by atoms with Crippen molar-refractivity contribution in [2.75, 3.05) is 6.54 Å². The van der Waals surface area contributed by atoms with Crippen LogP contribution in [-0.4, -0.2) is 16.1 Å². The van der Waals surface area contributed by atoms with E-state index in [0.717, 1.165) is 28.3 Å². The number of benzene rings is 1. The summed E-state index contributed by atoms with van der Waals surface area (Å²) < 4.78 is 2.31. The summed E-state index contributed by atoms with van der Waals surface area (Å²) in [7, 11) is 0. The average molecular weight is 236 g/mol. The van der Waals surface area contributed by atoms with Crippen LogP contribution in [0.25, 0.3) is 11.0 Å². The number of halogens is 1. The summed E-state index contributed by atoms with van der Waals surface area (Å²) in [4.78, 5) is 4.63. The standard InChI is InChI=1S/C12H14ClN3/c13-8-1-4-10-11(7-8)16(9-2-3-9)12(15-10)5-6-14/h1,4,7,9H,2-3,5-6,14H2. The van der Waals surface area contributed by atoms with Gasteiger partial charge in [0.25, 0.3) is 0 Å². The summed E-state index contributed by atoms with van der Waals surface area (Å²) in [5.74, 6) is 1.10. The smallest absolute Gasteiger partial charge is 0.111 e. The Kier molecular flexibility index (Phi) is 2.37. The Morgan fingerprint density at radius 3 is 2.94 bits per heavy atom. The van der Waals surface area contributed by atoms with E-state index in [-0.39, 0.29) is 0 Å². The van der Waals surface area contributed by atoms with E-state index in [4.69, 9.17) is 17.3 Å². The van der Waals surface area contributed by atoms with Crippen molar-refractivity contribution in [1.82, 2.24) is 9.55 Å². The van der Waals surface area contributed by atoms with Crippen LogP contribution >= 0.6 is 11.6 Å². The normalized spacial score (nSPS) is 15.9. The molecule has 16 heavy (non-hydrogen) atoms. The van der Waals surface area contributed by atoms with Gasteiger partial charge in [0.15, 0.2) is 0 Å². The zero-order chi connectivity index (χ0) is 11.1. The molecule has 1 fully saturated rings. The third-order valence-electron chi connectivity index (χ3n) is 3.00. The van der Waals surface area contributed by atoms with Crippen LogP contribution in [0.5, 0.6) is 0 Å². The minimum atomic E-state index is 0.616. The summed E-state index contributed by atoms with van der Waals surface area (Å²) in [6.07, 6.45) is 3.33. The molecule has 1 aromatic heterocycles. The lowest BCUT2D eigenvalue weighted by molar-refractivity contribution is 0.696. The molecule has 0 saturated heterocycles. The highest BCUT2D eigenvalue weighted by molar-refractivity contribution is 6.31. The van der Waals surface area contributed by atoms with E-state index >= 15 is 0 Å². The average Bonchev–Trinajstić information content (AvgIpc) is 3.02. The van der Waals surface area contributed by atoms with Crippen LogP contribution in [0.2, 0.25) is 5.02 Å². The van der Waals surface area contributed by atoms with Crippen LogP contribution < -0.4 is 5.73 Å². The van der Waals surface area contributed by atoms with Crippen LogP contribution in [0, 0.1) is 0 Å². The maximum absolute atomic E-state index is 6.04. The van der Waals surface area contributed by atoms with Crippen molar-refractivity contribution >= 4 is 22.6 Å². The van der Waals surface area contributed by atoms with Gasteiger partial charge in [0.1, 0.15) is 5.82 Å². The first-order valence-electron chi connectivity index (χ1n) is 5.66. The molecular formula is C12H14ClN3. The maximum Gasteiger partial charge on any atom is 0.111 e. The van der Waals surface area contributed by atoms with Crippen molar-refractivity contribution in [3.63, 3.8) is 0 Å². The van der Waals surface area contributed by atoms with Crippen molar-refractivity contribution in [3.05, 3.63) is 29.0 Å². The van der Waals surface area contributed by atoms with Gasteiger partial charge in [-0.15, -0.1) is 0 Å². The topological polar surface area (TPSA) is 43.8 Å². The first kappa shape index (κ1) is 10.1. The number of hydrogen-bond donors (Lipinski definition) is 1. The van der Waals surface area contributed by atoms with Gasteiger partial charge in [0, 0.05) is 17.5 Å². The van der Waals surface area contributed by atoms with Crippen LogP contribution in [0.3, 0.4) is 0 Å². The van der Waals surface area contributed by atoms with Gasteiger partial charge in [-0.1, -0.05) is 11.6 Å². The van der Waals surface area contributed by atoms with Crippen molar-refractivity contribution in [2.45, 2.75) is 25.3 Å². The Morgan fingerprint density at radius 2 is 2.25 bits per heavy atom. The Hall–Kier alpha value is -1.06. The first-order valence-corrected chi connectivity index (χ1v) is 6.04. The molecule has 0 unspecified atom stereocenters. The number of fused-ring (bicyclic) bond motifs is 1. The van der Waals surface area contributed by atoms with E-state index in [0.29, 0.717) is 12.6 Å². The highest BCUT2D eigenvalue weighted by Crippen LogP contribution is 2.39. The largest absolute Gasteiger partial charge is 0.330 e. The lowest BCUT2D eigenvalue weighted by Gasteiger charge is -2.06. The number of imidazole rings is 1. The fourth-order valence-electron chi connectivity index (χ4n) is 2.16. The van der Waals surface area contributed by atoms with Crippen LogP contribution in [0.15, 0.2) is 18.2 Å². The number of nitrogens with two attached hydrogens (primary N) is 1. The van der Waals surface area contributed by atoms with Crippen molar-refractivity contribution in [1.29, 1.82) is 0 Å². The van der Waals surface area contributed by atoms with Gasteiger partial charge in [-0.3, -0.25) is 0 Å². The fourth-order valence-corrected chi connectivity index (χ4v) is 2.33. The minimum absolute atomic E-state index is 0.616. The van der Waals surface area contributed by atoms with Crippen LogP contribution in [0.4, 0.5) is 0 Å². The van der Waals surface area contributed by atoms with Crippen molar-refractivity contribution in [2.24, 2.45) is 5.73 Å². The number of aromatic nitrogens is 2. The van der Waals surface area contributed by atoms with E-state index in [1.165, 1.54) is 12.8 Å². The molecule has 1 saturated carbocycles. The second-order valence-electron chi connectivity index (χ2n) is 4.30. The summed E-state index contributed by atoms with van der Waals surface area (Å²) in [5.41, 5.74) is 7.80.